The van der Waals surface area contributed by atoms with Gasteiger partial charge in [-0.2, -0.15) is 0 Å². The number of ether oxygens (including phenoxy) is 2. The molecule has 1 aromatic carbocycles. The van der Waals surface area contributed by atoms with Gasteiger partial charge in [-0.25, -0.2) is 0 Å². The predicted molar refractivity (Wildman–Crippen MR) is 116 cm³/mol. The fourth-order valence-electron chi connectivity index (χ4n) is 4.74. The predicted octanol–water partition coefficient (Wildman–Crippen LogP) is 2.28. The molecule has 3 aliphatic rings. The first-order valence-electron chi connectivity index (χ1n) is 11.1. The maximum absolute atomic E-state index is 6.00. The lowest BCUT2D eigenvalue weighted by molar-refractivity contribution is -0.0817. The summed E-state index contributed by atoms with van der Waals surface area (Å²) in [5.41, 5.74) is 3.00. The Labute approximate surface area is 175 Å². The van der Waals surface area contributed by atoms with Gasteiger partial charge in [0.1, 0.15) is 6.10 Å². The van der Waals surface area contributed by atoms with Crippen molar-refractivity contribution in [2.75, 3.05) is 46.4 Å². The lowest BCUT2D eigenvalue weighted by Gasteiger charge is -2.43. The molecule has 6 heteroatoms. The standard InChI is InChI=1S/C23H36N4O2/c1-23(2,27-11-10-18-7-4-5-8-19(18)15-27)17-25-22(24-3)26-12-14-29-21(16-26)20-9-6-13-28-20/h4-5,7-8,20-21H,6,9-17H2,1-3H3,(H,24,25). The zero-order chi connectivity index (χ0) is 20.3. The van der Waals surface area contributed by atoms with Gasteiger partial charge in [-0.15, -0.1) is 0 Å². The number of nitrogens with one attached hydrogen (secondary N) is 1. The monoisotopic (exact) mass is 400 g/mol. The van der Waals surface area contributed by atoms with Gasteiger partial charge in [0, 0.05) is 51.9 Å². The van der Waals surface area contributed by atoms with E-state index in [-0.39, 0.29) is 17.7 Å². The summed E-state index contributed by atoms with van der Waals surface area (Å²) in [4.78, 5) is 9.49. The van der Waals surface area contributed by atoms with Crippen LogP contribution in [-0.4, -0.2) is 79.9 Å². The van der Waals surface area contributed by atoms with Crippen molar-refractivity contribution in [3.8, 4) is 0 Å². The molecule has 2 fully saturated rings. The molecule has 3 aliphatic heterocycles. The highest BCUT2D eigenvalue weighted by molar-refractivity contribution is 5.80. The van der Waals surface area contributed by atoms with Gasteiger partial charge < -0.3 is 19.7 Å². The Balaban J connectivity index is 1.34. The number of guanidine groups is 1. The molecule has 2 saturated heterocycles. The van der Waals surface area contributed by atoms with Crippen molar-refractivity contribution in [1.82, 2.24) is 15.1 Å². The van der Waals surface area contributed by atoms with E-state index in [1.54, 1.807) is 0 Å². The highest BCUT2D eigenvalue weighted by atomic mass is 16.5. The molecule has 4 rings (SSSR count). The fourth-order valence-corrected chi connectivity index (χ4v) is 4.74. The van der Waals surface area contributed by atoms with Gasteiger partial charge in [-0.3, -0.25) is 9.89 Å². The molecule has 3 heterocycles. The van der Waals surface area contributed by atoms with E-state index >= 15 is 0 Å². The van der Waals surface area contributed by atoms with Crippen LogP contribution in [0.3, 0.4) is 0 Å². The Morgan fingerprint density at radius 3 is 2.69 bits per heavy atom. The summed E-state index contributed by atoms with van der Waals surface area (Å²) in [6.45, 7) is 11.0. The Hall–Kier alpha value is -1.63. The van der Waals surface area contributed by atoms with E-state index in [9.17, 15) is 0 Å². The Bertz CT molecular complexity index is 715. The number of aliphatic imine (C=N–C) groups is 1. The summed E-state index contributed by atoms with van der Waals surface area (Å²) in [5, 5.41) is 3.65. The van der Waals surface area contributed by atoms with Crippen molar-refractivity contribution in [3.63, 3.8) is 0 Å². The second kappa shape index (κ2) is 9.02. The molecule has 160 valence electrons. The molecule has 1 N–H and O–H groups in total. The molecule has 0 radical (unpaired) electrons. The van der Waals surface area contributed by atoms with Crippen LogP contribution < -0.4 is 5.32 Å². The SMILES string of the molecule is CN=C(NCC(C)(C)N1CCc2ccccc2C1)N1CCOC(C2CCCO2)C1. The van der Waals surface area contributed by atoms with E-state index in [1.165, 1.54) is 11.1 Å². The molecule has 1 aromatic rings. The van der Waals surface area contributed by atoms with Crippen LogP contribution in [-0.2, 0) is 22.4 Å². The van der Waals surface area contributed by atoms with Crippen molar-refractivity contribution in [2.24, 2.45) is 4.99 Å². The molecule has 2 atom stereocenters. The van der Waals surface area contributed by atoms with Gasteiger partial charge in [0.05, 0.1) is 12.7 Å². The average Bonchev–Trinajstić information content (AvgIpc) is 3.29. The summed E-state index contributed by atoms with van der Waals surface area (Å²) in [7, 11) is 1.88. The van der Waals surface area contributed by atoms with Crippen molar-refractivity contribution in [1.29, 1.82) is 0 Å². The van der Waals surface area contributed by atoms with Crippen LogP contribution in [0.1, 0.15) is 37.8 Å². The van der Waals surface area contributed by atoms with E-state index in [0.29, 0.717) is 0 Å². The molecule has 6 nitrogen and oxygen atoms in total. The molecule has 29 heavy (non-hydrogen) atoms. The van der Waals surface area contributed by atoms with Crippen LogP contribution >= 0.6 is 0 Å². The molecular weight excluding hydrogens is 364 g/mol. The lowest BCUT2D eigenvalue weighted by atomic mass is 9.94. The topological polar surface area (TPSA) is 49.3 Å². The van der Waals surface area contributed by atoms with Crippen molar-refractivity contribution >= 4 is 5.96 Å². The highest BCUT2D eigenvalue weighted by Gasteiger charge is 2.34. The molecule has 0 spiro atoms. The second-order valence-electron chi connectivity index (χ2n) is 9.06. The largest absolute Gasteiger partial charge is 0.375 e. The fraction of sp³-hybridized carbons (Fsp3) is 0.696. The molecule has 0 aromatic heterocycles. The quantitative estimate of drug-likeness (QED) is 0.621. The Morgan fingerprint density at radius 2 is 1.93 bits per heavy atom. The summed E-state index contributed by atoms with van der Waals surface area (Å²) in [6, 6.07) is 8.83. The van der Waals surface area contributed by atoms with Crippen LogP contribution in [0.2, 0.25) is 0 Å². The minimum Gasteiger partial charge on any atom is -0.375 e. The third-order valence-electron chi connectivity index (χ3n) is 6.65. The van der Waals surface area contributed by atoms with E-state index < -0.39 is 0 Å². The lowest BCUT2D eigenvalue weighted by Crippen LogP contribution is -2.57. The van der Waals surface area contributed by atoms with E-state index in [4.69, 9.17) is 9.47 Å². The first-order chi connectivity index (χ1) is 14.1. The average molecular weight is 401 g/mol. The molecular formula is C23H36N4O2. The van der Waals surface area contributed by atoms with E-state index in [1.807, 2.05) is 7.05 Å². The first kappa shape index (κ1) is 20.6. The second-order valence-corrected chi connectivity index (χ2v) is 9.06. The van der Waals surface area contributed by atoms with E-state index in [0.717, 1.165) is 71.2 Å². The molecule has 0 saturated carbocycles. The van der Waals surface area contributed by atoms with Gasteiger partial charge in [0.15, 0.2) is 5.96 Å². The zero-order valence-corrected chi connectivity index (χ0v) is 18.2. The Morgan fingerprint density at radius 1 is 1.14 bits per heavy atom. The van der Waals surface area contributed by atoms with Gasteiger partial charge in [0.2, 0.25) is 0 Å². The van der Waals surface area contributed by atoms with Gasteiger partial charge in [0.25, 0.3) is 0 Å². The molecule has 0 amide bonds. The van der Waals surface area contributed by atoms with Crippen LogP contribution in [0.5, 0.6) is 0 Å². The maximum atomic E-state index is 6.00. The van der Waals surface area contributed by atoms with Crippen LogP contribution in [0, 0.1) is 0 Å². The van der Waals surface area contributed by atoms with Crippen LogP contribution in [0.15, 0.2) is 29.3 Å². The number of rotatable bonds is 4. The molecule has 2 unspecified atom stereocenters. The van der Waals surface area contributed by atoms with Crippen molar-refractivity contribution in [2.45, 2.75) is 57.4 Å². The van der Waals surface area contributed by atoms with Gasteiger partial charge in [-0.1, -0.05) is 24.3 Å². The third kappa shape index (κ3) is 4.76. The number of nitrogens with zero attached hydrogens (tertiary/aromatic N) is 3. The van der Waals surface area contributed by atoms with Gasteiger partial charge in [-0.05, 0) is 44.2 Å². The number of benzene rings is 1. The van der Waals surface area contributed by atoms with Crippen molar-refractivity contribution in [3.05, 3.63) is 35.4 Å². The smallest absolute Gasteiger partial charge is 0.193 e. The molecule has 0 aliphatic carbocycles. The van der Waals surface area contributed by atoms with Gasteiger partial charge >= 0.3 is 0 Å². The van der Waals surface area contributed by atoms with Crippen molar-refractivity contribution < 1.29 is 9.47 Å². The number of fused-ring (bicyclic) bond motifs is 1. The number of hydrogen-bond donors (Lipinski definition) is 1. The summed E-state index contributed by atoms with van der Waals surface area (Å²) >= 11 is 0. The summed E-state index contributed by atoms with van der Waals surface area (Å²) in [6.07, 6.45) is 3.76. The minimum absolute atomic E-state index is 0.0454. The number of morpholine rings is 1. The highest BCUT2D eigenvalue weighted by Crippen LogP contribution is 2.25. The van der Waals surface area contributed by atoms with E-state index in [2.05, 4.69) is 58.2 Å². The third-order valence-corrected chi connectivity index (χ3v) is 6.65. The molecule has 0 bridgehead atoms. The first-order valence-corrected chi connectivity index (χ1v) is 11.1. The zero-order valence-electron chi connectivity index (χ0n) is 18.2. The number of hydrogen-bond acceptors (Lipinski definition) is 4. The maximum Gasteiger partial charge on any atom is 0.193 e. The summed E-state index contributed by atoms with van der Waals surface area (Å²) in [5.74, 6) is 0.974. The van der Waals surface area contributed by atoms with Crippen LogP contribution in [0.25, 0.3) is 0 Å². The summed E-state index contributed by atoms with van der Waals surface area (Å²) < 4.78 is 11.9. The Kier molecular flexibility index (Phi) is 6.42. The minimum atomic E-state index is 0.0454. The van der Waals surface area contributed by atoms with Crippen LogP contribution in [0.4, 0.5) is 0 Å². The normalized spacial score (nSPS) is 26.4.